The molecule has 0 bridgehead atoms. The molecule has 1 aliphatic heterocycles. The predicted octanol–water partition coefficient (Wildman–Crippen LogP) is 3.21. The van der Waals surface area contributed by atoms with Crippen LogP contribution in [0.5, 0.6) is 5.75 Å². The Bertz CT molecular complexity index is 569. The first-order valence-corrected chi connectivity index (χ1v) is 7.67. The monoisotopic (exact) mass is 282 g/mol. The van der Waals surface area contributed by atoms with E-state index in [4.69, 9.17) is 4.74 Å². The maximum Gasteiger partial charge on any atom is 0.119 e. The Hall–Kier alpha value is -2.00. The van der Waals surface area contributed by atoms with Gasteiger partial charge in [-0.1, -0.05) is 36.4 Å². The quantitative estimate of drug-likeness (QED) is 0.765. The second-order valence-corrected chi connectivity index (χ2v) is 5.32. The maximum atomic E-state index is 5.68. The standard InChI is InChI=1S/C18H22N2O/c1-2-8-17(9-3-1)21-13-5-11-19-14-16-7-4-6-15-10-12-20-18(15)16/h1-4,6-9,19-20H,5,10-14H2. The smallest absolute Gasteiger partial charge is 0.119 e. The summed E-state index contributed by atoms with van der Waals surface area (Å²) in [5, 5.41) is 6.98. The maximum absolute atomic E-state index is 5.68. The molecular weight excluding hydrogens is 260 g/mol. The minimum absolute atomic E-state index is 0.752. The Labute approximate surface area is 126 Å². The van der Waals surface area contributed by atoms with E-state index >= 15 is 0 Å². The minimum Gasteiger partial charge on any atom is -0.494 e. The fraction of sp³-hybridized carbons (Fsp3) is 0.333. The third kappa shape index (κ3) is 3.76. The molecule has 0 saturated heterocycles. The molecule has 110 valence electrons. The molecule has 0 spiro atoms. The summed E-state index contributed by atoms with van der Waals surface area (Å²) in [6.07, 6.45) is 2.16. The molecule has 2 aromatic carbocycles. The van der Waals surface area contributed by atoms with E-state index in [1.807, 2.05) is 30.3 Å². The van der Waals surface area contributed by atoms with Crippen LogP contribution in [0.3, 0.4) is 0 Å². The van der Waals surface area contributed by atoms with Crippen LogP contribution >= 0.6 is 0 Å². The van der Waals surface area contributed by atoms with Gasteiger partial charge in [0.15, 0.2) is 0 Å². The molecule has 3 heteroatoms. The molecule has 0 aliphatic carbocycles. The SMILES string of the molecule is c1ccc(OCCCNCc2cccc3c2NCC3)cc1. The zero-order valence-corrected chi connectivity index (χ0v) is 12.3. The van der Waals surface area contributed by atoms with Gasteiger partial charge < -0.3 is 15.4 Å². The Balaban J connectivity index is 1.36. The van der Waals surface area contributed by atoms with Crippen LogP contribution in [-0.2, 0) is 13.0 Å². The van der Waals surface area contributed by atoms with Crippen molar-refractivity contribution in [1.82, 2.24) is 5.32 Å². The van der Waals surface area contributed by atoms with Gasteiger partial charge in [-0.15, -0.1) is 0 Å². The number of para-hydroxylation sites is 2. The number of benzene rings is 2. The van der Waals surface area contributed by atoms with Crippen LogP contribution in [0, 0.1) is 0 Å². The molecule has 0 radical (unpaired) electrons. The van der Waals surface area contributed by atoms with Gasteiger partial charge in [0.25, 0.3) is 0 Å². The molecule has 0 atom stereocenters. The first-order chi connectivity index (χ1) is 10.4. The fourth-order valence-electron chi connectivity index (χ4n) is 2.69. The lowest BCUT2D eigenvalue weighted by Crippen LogP contribution is -2.17. The second kappa shape index (κ2) is 7.14. The van der Waals surface area contributed by atoms with Crippen molar-refractivity contribution in [2.45, 2.75) is 19.4 Å². The van der Waals surface area contributed by atoms with E-state index in [1.165, 1.54) is 16.8 Å². The molecule has 0 unspecified atom stereocenters. The summed E-state index contributed by atoms with van der Waals surface area (Å²) in [6.45, 7) is 3.71. The lowest BCUT2D eigenvalue weighted by Gasteiger charge is -2.10. The number of fused-ring (bicyclic) bond motifs is 1. The van der Waals surface area contributed by atoms with Crippen LogP contribution in [0.2, 0.25) is 0 Å². The number of hydrogen-bond donors (Lipinski definition) is 2. The Morgan fingerprint density at radius 1 is 1.05 bits per heavy atom. The average molecular weight is 282 g/mol. The zero-order valence-electron chi connectivity index (χ0n) is 12.3. The topological polar surface area (TPSA) is 33.3 Å². The number of anilines is 1. The summed E-state index contributed by atoms with van der Waals surface area (Å²) in [4.78, 5) is 0. The van der Waals surface area contributed by atoms with Crippen LogP contribution < -0.4 is 15.4 Å². The highest BCUT2D eigenvalue weighted by Crippen LogP contribution is 2.26. The lowest BCUT2D eigenvalue weighted by atomic mass is 10.1. The number of nitrogens with one attached hydrogen (secondary N) is 2. The van der Waals surface area contributed by atoms with Crippen molar-refractivity contribution >= 4 is 5.69 Å². The minimum atomic E-state index is 0.752. The summed E-state index contributed by atoms with van der Waals surface area (Å²) in [6, 6.07) is 16.5. The van der Waals surface area contributed by atoms with Crippen molar-refractivity contribution in [2.75, 3.05) is 25.0 Å². The van der Waals surface area contributed by atoms with E-state index in [2.05, 4.69) is 28.8 Å². The molecule has 0 amide bonds. The summed E-state index contributed by atoms with van der Waals surface area (Å²) in [5.41, 5.74) is 4.15. The highest BCUT2D eigenvalue weighted by atomic mass is 16.5. The Kier molecular flexibility index (Phi) is 4.74. The number of hydrogen-bond acceptors (Lipinski definition) is 3. The van der Waals surface area contributed by atoms with Gasteiger partial charge >= 0.3 is 0 Å². The van der Waals surface area contributed by atoms with Gasteiger partial charge in [0.2, 0.25) is 0 Å². The molecule has 1 heterocycles. The van der Waals surface area contributed by atoms with Gasteiger partial charge in [-0.25, -0.2) is 0 Å². The molecule has 2 N–H and O–H groups in total. The van der Waals surface area contributed by atoms with Crippen molar-refractivity contribution in [3.8, 4) is 5.75 Å². The van der Waals surface area contributed by atoms with E-state index in [1.54, 1.807) is 0 Å². The van der Waals surface area contributed by atoms with E-state index in [9.17, 15) is 0 Å². The third-order valence-electron chi connectivity index (χ3n) is 3.76. The van der Waals surface area contributed by atoms with Crippen LogP contribution in [0.1, 0.15) is 17.5 Å². The highest BCUT2D eigenvalue weighted by Gasteiger charge is 2.12. The van der Waals surface area contributed by atoms with Gasteiger partial charge in [-0.2, -0.15) is 0 Å². The lowest BCUT2D eigenvalue weighted by molar-refractivity contribution is 0.308. The summed E-state index contributed by atoms with van der Waals surface area (Å²) >= 11 is 0. The summed E-state index contributed by atoms with van der Waals surface area (Å²) in [5.74, 6) is 0.947. The van der Waals surface area contributed by atoms with Gasteiger partial charge in [0.1, 0.15) is 5.75 Å². The molecule has 21 heavy (non-hydrogen) atoms. The first-order valence-electron chi connectivity index (χ1n) is 7.67. The highest BCUT2D eigenvalue weighted by molar-refractivity contribution is 5.61. The Morgan fingerprint density at radius 2 is 1.95 bits per heavy atom. The van der Waals surface area contributed by atoms with E-state index < -0.39 is 0 Å². The fourth-order valence-corrected chi connectivity index (χ4v) is 2.69. The normalized spacial score (nSPS) is 12.8. The van der Waals surface area contributed by atoms with E-state index in [0.717, 1.165) is 44.8 Å². The molecule has 0 fully saturated rings. The largest absolute Gasteiger partial charge is 0.494 e. The van der Waals surface area contributed by atoms with Gasteiger partial charge in [0.05, 0.1) is 6.61 Å². The van der Waals surface area contributed by atoms with Crippen molar-refractivity contribution < 1.29 is 4.74 Å². The molecule has 0 saturated carbocycles. The van der Waals surface area contributed by atoms with Gasteiger partial charge in [-0.05, 0) is 42.6 Å². The van der Waals surface area contributed by atoms with Crippen molar-refractivity contribution in [3.05, 3.63) is 59.7 Å². The summed E-state index contributed by atoms with van der Waals surface area (Å²) in [7, 11) is 0. The van der Waals surface area contributed by atoms with Crippen LogP contribution in [0.25, 0.3) is 0 Å². The first kappa shape index (κ1) is 14.0. The zero-order chi connectivity index (χ0) is 14.3. The van der Waals surface area contributed by atoms with E-state index in [-0.39, 0.29) is 0 Å². The van der Waals surface area contributed by atoms with Gasteiger partial charge in [0, 0.05) is 18.8 Å². The van der Waals surface area contributed by atoms with Crippen molar-refractivity contribution in [1.29, 1.82) is 0 Å². The molecule has 3 nitrogen and oxygen atoms in total. The average Bonchev–Trinajstić information content (AvgIpc) is 3.01. The van der Waals surface area contributed by atoms with Crippen LogP contribution in [0.15, 0.2) is 48.5 Å². The van der Waals surface area contributed by atoms with E-state index in [0.29, 0.717) is 0 Å². The number of rotatable bonds is 7. The van der Waals surface area contributed by atoms with Crippen LogP contribution in [0.4, 0.5) is 5.69 Å². The Morgan fingerprint density at radius 3 is 2.86 bits per heavy atom. The summed E-state index contributed by atoms with van der Waals surface area (Å²) < 4.78 is 5.68. The second-order valence-electron chi connectivity index (χ2n) is 5.32. The van der Waals surface area contributed by atoms with Crippen molar-refractivity contribution in [3.63, 3.8) is 0 Å². The number of ether oxygens (including phenoxy) is 1. The van der Waals surface area contributed by atoms with Crippen molar-refractivity contribution in [2.24, 2.45) is 0 Å². The van der Waals surface area contributed by atoms with Crippen LogP contribution in [-0.4, -0.2) is 19.7 Å². The molecule has 3 rings (SSSR count). The van der Waals surface area contributed by atoms with Gasteiger partial charge in [-0.3, -0.25) is 0 Å². The predicted molar refractivity (Wildman–Crippen MR) is 86.9 cm³/mol. The molecule has 2 aromatic rings. The molecule has 1 aliphatic rings. The molecular formula is C18H22N2O. The molecule has 0 aromatic heterocycles. The third-order valence-corrected chi connectivity index (χ3v) is 3.76.